The summed E-state index contributed by atoms with van der Waals surface area (Å²) in [5, 5.41) is 11.7. The Morgan fingerprint density at radius 3 is 2.50 bits per heavy atom. The Bertz CT molecular complexity index is 936. The standard InChI is InChI=1S/C17H14N2O3S2/c20-14-8-6-12(7-9-14)15-11-24(21,22)19-16(10-23-17(19)18-15)13-4-2-1-3-5-13/h1-10,15,20H,11H2. The fourth-order valence-corrected chi connectivity index (χ4v) is 5.70. The first-order valence-electron chi connectivity index (χ1n) is 7.36. The summed E-state index contributed by atoms with van der Waals surface area (Å²) in [5.41, 5.74) is 2.27. The molecule has 0 saturated carbocycles. The number of hydrogen-bond donors (Lipinski definition) is 1. The number of sulfonamides is 1. The van der Waals surface area contributed by atoms with E-state index in [-0.39, 0.29) is 11.5 Å². The fraction of sp³-hybridized carbons (Fsp3) is 0.118. The Balaban J connectivity index is 1.73. The van der Waals surface area contributed by atoms with Crippen LogP contribution >= 0.6 is 11.8 Å². The molecule has 2 aliphatic heterocycles. The maximum atomic E-state index is 12.8. The zero-order valence-electron chi connectivity index (χ0n) is 12.5. The normalized spacial score (nSPS) is 21.8. The lowest BCUT2D eigenvalue weighted by atomic mass is 10.1. The van der Waals surface area contributed by atoms with Crippen molar-refractivity contribution >= 4 is 32.6 Å². The van der Waals surface area contributed by atoms with Crippen LogP contribution in [-0.2, 0) is 10.0 Å². The lowest BCUT2D eigenvalue weighted by molar-refractivity contribution is 0.475. The van der Waals surface area contributed by atoms with Gasteiger partial charge >= 0.3 is 0 Å². The number of aromatic hydroxyl groups is 1. The third-order valence-corrected chi connectivity index (χ3v) is 6.55. The lowest BCUT2D eigenvalue weighted by Gasteiger charge is -2.29. The van der Waals surface area contributed by atoms with Gasteiger partial charge in [0.25, 0.3) is 0 Å². The van der Waals surface area contributed by atoms with Crippen molar-refractivity contribution in [2.24, 2.45) is 4.99 Å². The van der Waals surface area contributed by atoms with Gasteiger partial charge in [-0.2, -0.15) is 0 Å². The molecule has 2 aromatic carbocycles. The van der Waals surface area contributed by atoms with Crippen LogP contribution in [0.25, 0.3) is 5.70 Å². The summed E-state index contributed by atoms with van der Waals surface area (Å²) in [7, 11) is -3.51. The number of benzene rings is 2. The van der Waals surface area contributed by atoms with E-state index in [2.05, 4.69) is 4.99 Å². The second kappa shape index (κ2) is 5.68. The molecule has 1 N–H and O–H groups in total. The molecular weight excluding hydrogens is 344 g/mol. The number of amidine groups is 1. The molecule has 2 heterocycles. The number of phenolic OH excluding ortho intramolecular Hbond substituents is 1. The van der Waals surface area contributed by atoms with Crippen LogP contribution in [0.1, 0.15) is 17.2 Å². The van der Waals surface area contributed by atoms with Gasteiger partial charge in [-0.15, -0.1) is 0 Å². The smallest absolute Gasteiger partial charge is 0.243 e. The Morgan fingerprint density at radius 1 is 1.08 bits per heavy atom. The molecule has 0 bridgehead atoms. The first-order chi connectivity index (χ1) is 11.5. The highest BCUT2D eigenvalue weighted by Gasteiger charge is 2.40. The topological polar surface area (TPSA) is 70.0 Å². The molecule has 5 nitrogen and oxygen atoms in total. The molecule has 0 radical (unpaired) electrons. The van der Waals surface area contributed by atoms with E-state index in [1.54, 1.807) is 24.3 Å². The van der Waals surface area contributed by atoms with Crippen LogP contribution in [0.3, 0.4) is 0 Å². The predicted octanol–water partition coefficient (Wildman–Crippen LogP) is 3.18. The Labute approximate surface area is 144 Å². The highest BCUT2D eigenvalue weighted by molar-refractivity contribution is 8.18. The van der Waals surface area contributed by atoms with E-state index in [9.17, 15) is 13.5 Å². The van der Waals surface area contributed by atoms with Gasteiger partial charge < -0.3 is 5.11 Å². The Kier molecular flexibility index (Phi) is 3.62. The van der Waals surface area contributed by atoms with Crippen molar-refractivity contribution in [3.05, 3.63) is 71.1 Å². The second-order valence-corrected chi connectivity index (χ2v) is 8.25. The van der Waals surface area contributed by atoms with E-state index < -0.39 is 16.1 Å². The summed E-state index contributed by atoms with van der Waals surface area (Å²) in [6, 6.07) is 15.5. The number of rotatable bonds is 2. The molecule has 0 fully saturated rings. The summed E-state index contributed by atoms with van der Waals surface area (Å²) in [6.07, 6.45) is 0. The SMILES string of the molecule is O=S1(=O)CC(c2ccc(O)cc2)N=C2SC=C(c3ccccc3)N21. The molecular formula is C17H14N2O3S2. The monoisotopic (exact) mass is 358 g/mol. The lowest BCUT2D eigenvalue weighted by Crippen LogP contribution is -2.38. The zero-order chi connectivity index (χ0) is 16.7. The predicted molar refractivity (Wildman–Crippen MR) is 95.9 cm³/mol. The number of nitrogens with zero attached hydrogens (tertiary/aromatic N) is 2. The molecule has 7 heteroatoms. The van der Waals surface area contributed by atoms with Gasteiger partial charge in [-0.3, -0.25) is 4.99 Å². The molecule has 1 atom stereocenters. The van der Waals surface area contributed by atoms with Crippen LogP contribution < -0.4 is 0 Å². The van der Waals surface area contributed by atoms with Crippen LogP contribution in [-0.4, -0.2) is 28.8 Å². The van der Waals surface area contributed by atoms with Crippen LogP contribution in [0.2, 0.25) is 0 Å². The van der Waals surface area contributed by atoms with Crippen molar-refractivity contribution in [1.82, 2.24) is 4.31 Å². The number of hydrogen-bond acceptors (Lipinski definition) is 5. The average Bonchev–Trinajstić information content (AvgIpc) is 3.01. The second-order valence-electron chi connectivity index (χ2n) is 5.55. The molecule has 0 aliphatic carbocycles. The summed E-state index contributed by atoms with van der Waals surface area (Å²) >= 11 is 1.32. The summed E-state index contributed by atoms with van der Waals surface area (Å²) in [4.78, 5) is 4.61. The number of thioether (sulfide) groups is 1. The van der Waals surface area contributed by atoms with Crippen LogP contribution in [0.5, 0.6) is 5.75 Å². The fourth-order valence-electron chi connectivity index (χ4n) is 2.77. The minimum absolute atomic E-state index is 0.0913. The summed E-state index contributed by atoms with van der Waals surface area (Å²) in [6.45, 7) is 0. The van der Waals surface area contributed by atoms with Gasteiger partial charge in [0.1, 0.15) is 5.75 Å². The minimum Gasteiger partial charge on any atom is -0.508 e. The van der Waals surface area contributed by atoms with Gasteiger partial charge in [0, 0.05) is 5.41 Å². The molecule has 0 spiro atoms. The summed E-state index contributed by atoms with van der Waals surface area (Å²) in [5.74, 6) is 0.0569. The Hall–Kier alpha value is -2.25. The zero-order valence-corrected chi connectivity index (χ0v) is 14.2. The highest BCUT2D eigenvalue weighted by atomic mass is 32.2. The van der Waals surface area contributed by atoms with E-state index in [0.29, 0.717) is 10.9 Å². The maximum absolute atomic E-state index is 12.8. The van der Waals surface area contributed by atoms with Crippen molar-refractivity contribution < 1.29 is 13.5 Å². The number of aliphatic imine (C=N–C) groups is 1. The third-order valence-electron chi connectivity index (χ3n) is 3.93. The van der Waals surface area contributed by atoms with Gasteiger partial charge in [0.15, 0.2) is 5.17 Å². The van der Waals surface area contributed by atoms with E-state index >= 15 is 0 Å². The molecule has 2 aliphatic rings. The van der Waals surface area contributed by atoms with E-state index in [1.165, 1.54) is 16.1 Å². The molecule has 24 heavy (non-hydrogen) atoms. The molecule has 122 valence electrons. The minimum atomic E-state index is -3.51. The van der Waals surface area contributed by atoms with Crippen molar-refractivity contribution in [2.75, 3.05) is 5.75 Å². The van der Waals surface area contributed by atoms with Crippen molar-refractivity contribution in [3.63, 3.8) is 0 Å². The average molecular weight is 358 g/mol. The molecule has 2 aromatic rings. The molecule has 4 rings (SSSR count). The molecule has 0 amide bonds. The first-order valence-corrected chi connectivity index (χ1v) is 9.85. The van der Waals surface area contributed by atoms with Crippen molar-refractivity contribution in [1.29, 1.82) is 0 Å². The van der Waals surface area contributed by atoms with E-state index in [0.717, 1.165) is 11.1 Å². The third kappa shape index (κ3) is 2.59. The van der Waals surface area contributed by atoms with E-state index in [4.69, 9.17) is 0 Å². The van der Waals surface area contributed by atoms with Crippen molar-refractivity contribution in [3.8, 4) is 5.75 Å². The molecule has 0 aromatic heterocycles. The van der Waals surface area contributed by atoms with Gasteiger partial charge in [-0.25, -0.2) is 12.7 Å². The van der Waals surface area contributed by atoms with Crippen LogP contribution in [0, 0.1) is 0 Å². The first kappa shape index (κ1) is 15.3. The highest BCUT2D eigenvalue weighted by Crippen LogP contribution is 2.41. The Morgan fingerprint density at radius 2 is 1.79 bits per heavy atom. The van der Waals surface area contributed by atoms with E-state index in [1.807, 2.05) is 35.7 Å². The molecule has 1 unspecified atom stereocenters. The van der Waals surface area contributed by atoms with Crippen LogP contribution in [0.4, 0.5) is 0 Å². The van der Waals surface area contributed by atoms with Gasteiger partial charge in [-0.05, 0) is 23.3 Å². The largest absolute Gasteiger partial charge is 0.508 e. The van der Waals surface area contributed by atoms with Crippen molar-refractivity contribution in [2.45, 2.75) is 6.04 Å². The molecule has 0 saturated heterocycles. The maximum Gasteiger partial charge on any atom is 0.243 e. The van der Waals surface area contributed by atoms with Crippen LogP contribution in [0.15, 0.2) is 65.0 Å². The quantitative estimate of drug-likeness (QED) is 0.895. The van der Waals surface area contributed by atoms with Gasteiger partial charge in [0.05, 0.1) is 17.5 Å². The summed E-state index contributed by atoms with van der Waals surface area (Å²) < 4.78 is 27.0. The number of fused-ring (bicyclic) bond motifs is 1. The van der Waals surface area contributed by atoms with Gasteiger partial charge in [0.2, 0.25) is 10.0 Å². The van der Waals surface area contributed by atoms with Gasteiger partial charge in [-0.1, -0.05) is 54.2 Å². The number of phenols is 1.